The molecule has 15 heavy (non-hydrogen) atoms. The molecule has 0 spiro atoms. The van der Waals surface area contributed by atoms with Crippen LogP contribution >= 0.6 is 0 Å². The van der Waals surface area contributed by atoms with E-state index in [1.54, 1.807) is 6.92 Å². The van der Waals surface area contributed by atoms with Crippen molar-refractivity contribution in [1.82, 2.24) is 9.78 Å². The van der Waals surface area contributed by atoms with Gasteiger partial charge in [0.25, 0.3) is 0 Å². The van der Waals surface area contributed by atoms with Gasteiger partial charge in [-0.3, -0.25) is 4.68 Å². The minimum Gasteiger partial charge on any atom is -0.268 e. The summed E-state index contributed by atoms with van der Waals surface area (Å²) >= 11 is 0. The quantitative estimate of drug-likeness (QED) is 0.763. The maximum Gasteiger partial charge on any atom is 0.435 e. The zero-order chi connectivity index (χ0) is 11.6. The second-order valence-corrected chi connectivity index (χ2v) is 3.38. The van der Waals surface area contributed by atoms with Crippen molar-refractivity contribution < 1.29 is 13.2 Å². The fourth-order valence-corrected chi connectivity index (χ4v) is 1.13. The predicted octanol–water partition coefficient (Wildman–Crippen LogP) is 2.37. The highest BCUT2D eigenvalue weighted by atomic mass is 19.4. The number of aryl methyl sites for hydroxylation is 1. The highest BCUT2D eigenvalue weighted by Gasteiger charge is 2.34. The summed E-state index contributed by atoms with van der Waals surface area (Å²) in [6.45, 7) is 3.35. The van der Waals surface area contributed by atoms with E-state index >= 15 is 0 Å². The van der Waals surface area contributed by atoms with E-state index in [1.807, 2.05) is 6.07 Å². The van der Waals surface area contributed by atoms with E-state index in [9.17, 15) is 13.2 Å². The Hall–Kier alpha value is -1.51. The Kier molecular flexibility index (Phi) is 3.03. The fraction of sp³-hybridized carbons (Fsp3) is 0.556. The van der Waals surface area contributed by atoms with Crippen LogP contribution in [0.3, 0.4) is 0 Å². The number of halogens is 3. The molecule has 0 N–H and O–H groups in total. The van der Waals surface area contributed by atoms with Crippen LogP contribution < -0.4 is 0 Å². The fourth-order valence-electron chi connectivity index (χ4n) is 1.13. The van der Waals surface area contributed by atoms with Gasteiger partial charge in [-0.15, -0.1) is 0 Å². The number of nitriles is 1. The van der Waals surface area contributed by atoms with E-state index < -0.39 is 11.9 Å². The van der Waals surface area contributed by atoms with Gasteiger partial charge in [-0.25, -0.2) is 0 Å². The summed E-state index contributed by atoms with van der Waals surface area (Å²) in [5.74, 6) is -0.357. The highest BCUT2D eigenvalue weighted by molar-refractivity contribution is 5.11. The second kappa shape index (κ2) is 3.93. The average molecular weight is 217 g/mol. The first-order chi connectivity index (χ1) is 6.84. The Morgan fingerprint density at radius 1 is 1.60 bits per heavy atom. The van der Waals surface area contributed by atoms with Crippen LogP contribution in [-0.4, -0.2) is 9.78 Å². The van der Waals surface area contributed by atoms with E-state index in [1.165, 1.54) is 11.6 Å². The molecule has 0 saturated carbocycles. The van der Waals surface area contributed by atoms with E-state index in [0.29, 0.717) is 5.69 Å². The molecule has 0 bridgehead atoms. The maximum atomic E-state index is 12.3. The van der Waals surface area contributed by atoms with E-state index in [2.05, 4.69) is 5.10 Å². The molecule has 1 rings (SSSR count). The topological polar surface area (TPSA) is 41.6 Å². The molecule has 0 aromatic carbocycles. The van der Waals surface area contributed by atoms with Crippen LogP contribution in [0.25, 0.3) is 0 Å². The van der Waals surface area contributed by atoms with Crippen LogP contribution in [0.2, 0.25) is 0 Å². The molecule has 1 unspecified atom stereocenters. The van der Waals surface area contributed by atoms with Crippen LogP contribution in [0.5, 0.6) is 0 Å². The van der Waals surface area contributed by atoms with Crippen molar-refractivity contribution in [3.05, 3.63) is 17.5 Å². The van der Waals surface area contributed by atoms with E-state index in [-0.39, 0.29) is 12.5 Å². The van der Waals surface area contributed by atoms with Gasteiger partial charge in [-0.2, -0.15) is 23.5 Å². The SMILES string of the molecule is Cc1cc(C(F)(F)F)nn1CC(C)C#N. The van der Waals surface area contributed by atoms with Crippen molar-refractivity contribution in [3.8, 4) is 6.07 Å². The lowest BCUT2D eigenvalue weighted by molar-refractivity contribution is -0.141. The van der Waals surface area contributed by atoms with Gasteiger partial charge < -0.3 is 0 Å². The summed E-state index contributed by atoms with van der Waals surface area (Å²) < 4.78 is 38.0. The molecule has 0 aliphatic heterocycles. The molecule has 3 nitrogen and oxygen atoms in total. The molecular weight excluding hydrogens is 207 g/mol. The van der Waals surface area contributed by atoms with Crippen LogP contribution in [0.1, 0.15) is 18.3 Å². The molecule has 1 heterocycles. The summed E-state index contributed by atoms with van der Waals surface area (Å²) in [6.07, 6.45) is -4.42. The molecule has 0 fully saturated rings. The first kappa shape index (κ1) is 11.6. The Morgan fingerprint density at radius 3 is 2.60 bits per heavy atom. The molecule has 6 heteroatoms. The van der Waals surface area contributed by atoms with Gasteiger partial charge in [0.15, 0.2) is 5.69 Å². The first-order valence-electron chi connectivity index (χ1n) is 4.36. The van der Waals surface area contributed by atoms with E-state index in [0.717, 1.165) is 6.07 Å². The van der Waals surface area contributed by atoms with Gasteiger partial charge >= 0.3 is 6.18 Å². The van der Waals surface area contributed by atoms with Crippen molar-refractivity contribution in [1.29, 1.82) is 5.26 Å². The Labute approximate surface area is 85.1 Å². The van der Waals surface area contributed by atoms with Crippen molar-refractivity contribution in [2.75, 3.05) is 0 Å². The van der Waals surface area contributed by atoms with Crippen molar-refractivity contribution in [3.63, 3.8) is 0 Å². The molecule has 0 aliphatic rings. The molecule has 1 aromatic heterocycles. The van der Waals surface area contributed by atoms with Crippen molar-refractivity contribution in [2.24, 2.45) is 5.92 Å². The molecular formula is C9H10F3N3. The number of hydrogen-bond donors (Lipinski definition) is 0. The van der Waals surface area contributed by atoms with Gasteiger partial charge in [-0.1, -0.05) is 0 Å². The van der Waals surface area contributed by atoms with Gasteiger partial charge in [0.05, 0.1) is 18.5 Å². The normalized spacial score (nSPS) is 13.6. The Balaban J connectivity index is 2.93. The highest BCUT2D eigenvalue weighted by Crippen LogP contribution is 2.28. The van der Waals surface area contributed by atoms with Gasteiger partial charge in [0.2, 0.25) is 0 Å². The Bertz CT molecular complexity index is 386. The summed E-state index contributed by atoms with van der Waals surface area (Å²) in [4.78, 5) is 0. The van der Waals surface area contributed by atoms with Gasteiger partial charge in [0.1, 0.15) is 0 Å². The smallest absolute Gasteiger partial charge is 0.268 e. The van der Waals surface area contributed by atoms with Crippen LogP contribution in [0.4, 0.5) is 13.2 Å². The summed E-state index contributed by atoms with van der Waals surface area (Å²) in [5, 5.41) is 11.9. The predicted molar refractivity (Wildman–Crippen MR) is 46.7 cm³/mol. The monoisotopic (exact) mass is 217 g/mol. The summed E-state index contributed by atoms with van der Waals surface area (Å²) in [6, 6.07) is 2.92. The minimum absolute atomic E-state index is 0.179. The lowest BCUT2D eigenvalue weighted by Crippen LogP contribution is -2.11. The molecule has 0 radical (unpaired) electrons. The van der Waals surface area contributed by atoms with Crippen molar-refractivity contribution >= 4 is 0 Å². The van der Waals surface area contributed by atoms with Crippen LogP contribution in [-0.2, 0) is 12.7 Å². The third-order valence-electron chi connectivity index (χ3n) is 1.94. The number of aromatic nitrogens is 2. The Morgan fingerprint density at radius 2 is 2.20 bits per heavy atom. The lowest BCUT2D eigenvalue weighted by atomic mass is 10.2. The molecule has 0 aliphatic carbocycles. The zero-order valence-corrected chi connectivity index (χ0v) is 8.34. The molecule has 82 valence electrons. The van der Waals surface area contributed by atoms with E-state index in [4.69, 9.17) is 5.26 Å². The minimum atomic E-state index is -4.42. The van der Waals surface area contributed by atoms with Gasteiger partial charge in [-0.05, 0) is 19.9 Å². The largest absolute Gasteiger partial charge is 0.435 e. The number of hydrogen-bond acceptors (Lipinski definition) is 2. The number of rotatable bonds is 2. The number of alkyl halides is 3. The summed E-state index contributed by atoms with van der Waals surface area (Å²) in [5.41, 5.74) is -0.505. The lowest BCUT2D eigenvalue weighted by Gasteiger charge is -2.05. The molecule has 1 aromatic rings. The zero-order valence-electron chi connectivity index (χ0n) is 8.34. The van der Waals surface area contributed by atoms with Gasteiger partial charge in [0, 0.05) is 5.69 Å². The second-order valence-electron chi connectivity index (χ2n) is 3.38. The molecule has 0 amide bonds. The third kappa shape index (κ3) is 2.72. The standard InChI is InChI=1S/C9H10F3N3/c1-6(4-13)5-15-7(2)3-8(14-15)9(10,11)12/h3,6H,5H2,1-2H3. The first-order valence-corrected chi connectivity index (χ1v) is 4.36. The van der Waals surface area contributed by atoms with Crippen molar-refractivity contribution in [2.45, 2.75) is 26.6 Å². The summed E-state index contributed by atoms with van der Waals surface area (Å²) in [7, 11) is 0. The average Bonchev–Trinajstić information content (AvgIpc) is 2.47. The van der Waals surface area contributed by atoms with Crippen LogP contribution in [0.15, 0.2) is 6.07 Å². The van der Waals surface area contributed by atoms with Crippen LogP contribution in [0, 0.1) is 24.2 Å². The molecule has 0 saturated heterocycles. The third-order valence-corrected chi connectivity index (χ3v) is 1.94. The molecule has 1 atom stereocenters. The number of nitrogens with zero attached hydrogens (tertiary/aromatic N) is 3. The maximum absolute atomic E-state index is 12.3.